The van der Waals surface area contributed by atoms with E-state index in [1.165, 1.54) is 51.4 Å². The van der Waals surface area contributed by atoms with E-state index in [-0.39, 0.29) is 0 Å². The van der Waals surface area contributed by atoms with E-state index in [1.54, 1.807) is 0 Å². The highest BCUT2D eigenvalue weighted by molar-refractivity contribution is 6.21. The van der Waals surface area contributed by atoms with Crippen LogP contribution >= 0.6 is 11.6 Å². The van der Waals surface area contributed by atoms with Crippen LogP contribution in [0.15, 0.2) is 0 Å². The van der Waals surface area contributed by atoms with E-state index >= 15 is 0 Å². The number of rotatable bonds is 2. The third kappa shape index (κ3) is 1.63. The molecule has 1 nitrogen and oxygen atoms in total. The second-order valence-corrected chi connectivity index (χ2v) is 6.20. The first-order chi connectivity index (χ1) is 7.31. The van der Waals surface area contributed by atoms with Crippen molar-refractivity contribution < 1.29 is 4.74 Å². The van der Waals surface area contributed by atoms with E-state index in [0.29, 0.717) is 23.0 Å². The Kier molecular flexibility index (Phi) is 2.72. The lowest BCUT2D eigenvalue weighted by atomic mass is 9.58. The van der Waals surface area contributed by atoms with Crippen LogP contribution in [-0.4, -0.2) is 17.6 Å². The normalized spacial score (nSPS) is 39.8. The fraction of sp³-hybridized carbons (Fsp3) is 1.00. The molecule has 0 aliphatic heterocycles. The fourth-order valence-corrected chi connectivity index (χ4v) is 3.99. The highest BCUT2D eigenvalue weighted by Crippen LogP contribution is 2.56. The van der Waals surface area contributed by atoms with Gasteiger partial charge in [-0.2, -0.15) is 0 Å². The lowest BCUT2D eigenvalue weighted by molar-refractivity contribution is -0.168. The van der Waals surface area contributed by atoms with Crippen molar-refractivity contribution in [2.75, 3.05) is 0 Å². The Balaban J connectivity index is 1.63. The van der Waals surface area contributed by atoms with Gasteiger partial charge >= 0.3 is 0 Å². The van der Waals surface area contributed by atoms with Gasteiger partial charge in [-0.15, -0.1) is 11.6 Å². The number of alkyl halides is 1. The maximum Gasteiger partial charge on any atom is 0.0663 e. The van der Waals surface area contributed by atoms with Crippen LogP contribution in [0.2, 0.25) is 0 Å². The second kappa shape index (κ2) is 3.92. The molecule has 3 rings (SSSR count). The molecule has 1 spiro atoms. The molecule has 0 aromatic rings. The van der Waals surface area contributed by atoms with Gasteiger partial charge in [0.05, 0.1) is 12.2 Å². The summed E-state index contributed by atoms with van der Waals surface area (Å²) in [6, 6.07) is 0. The average molecular weight is 229 g/mol. The molecule has 0 aromatic carbocycles. The molecule has 0 aromatic heterocycles. The Bertz CT molecular complexity index is 231. The third-order valence-corrected chi connectivity index (χ3v) is 5.49. The summed E-state index contributed by atoms with van der Waals surface area (Å²) in [7, 11) is 0. The largest absolute Gasteiger partial charge is 0.374 e. The van der Waals surface area contributed by atoms with Gasteiger partial charge in [0, 0.05) is 10.8 Å². The van der Waals surface area contributed by atoms with Gasteiger partial charge in [-0.05, 0) is 38.5 Å². The lowest BCUT2D eigenvalue weighted by Gasteiger charge is -2.56. The van der Waals surface area contributed by atoms with E-state index in [1.807, 2.05) is 0 Å². The zero-order valence-corrected chi connectivity index (χ0v) is 10.1. The van der Waals surface area contributed by atoms with E-state index in [4.69, 9.17) is 16.3 Å². The summed E-state index contributed by atoms with van der Waals surface area (Å²) in [5.41, 5.74) is 0.384. The quantitative estimate of drug-likeness (QED) is 0.652. The molecule has 3 fully saturated rings. The van der Waals surface area contributed by atoms with Crippen molar-refractivity contribution in [1.82, 2.24) is 0 Å². The highest BCUT2D eigenvalue weighted by atomic mass is 35.5. The molecule has 0 amide bonds. The molecule has 2 atom stereocenters. The Morgan fingerprint density at radius 3 is 2.27 bits per heavy atom. The minimum Gasteiger partial charge on any atom is -0.374 e. The first-order valence-corrected chi connectivity index (χ1v) is 7.04. The van der Waals surface area contributed by atoms with Crippen LogP contribution in [0.4, 0.5) is 0 Å². The van der Waals surface area contributed by atoms with Crippen LogP contribution in [-0.2, 0) is 4.74 Å². The van der Waals surface area contributed by atoms with Crippen LogP contribution < -0.4 is 0 Å². The summed E-state index contributed by atoms with van der Waals surface area (Å²) in [4.78, 5) is 0. The van der Waals surface area contributed by atoms with Gasteiger partial charge < -0.3 is 4.74 Å². The van der Waals surface area contributed by atoms with Crippen LogP contribution in [0.5, 0.6) is 0 Å². The minimum absolute atomic E-state index is 0.384. The Morgan fingerprint density at radius 2 is 1.73 bits per heavy atom. The smallest absolute Gasteiger partial charge is 0.0663 e. The molecule has 0 bridgehead atoms. The molecule has 0 N–H and O–H groups in total. The predicted octanol–water partition coefficient (Wildman–Crippen LogP) is 3.89. The molecular weight excluding hydrogens is 208 g/mol. The van der Waals surface area contributed by atoms with Crippen molar-refractivity contribution in [1.29, 1.82) is 0 Å². The van der Waals surface area contributed by atoms with Crippen molar-refractivity contribution in [2.45, 2.75) is 75.4 Å². The van der Waals surface area contributed by atoms with Gasteiger partial charge in [-0.3, -0.25) is 0 Å². The highest BCUT2D eigenvalue weighted by Gasteiger charge is 2.55. The molecule has 3 saturated carbocycles. The lowest BCUT2D eigenvalue weighted by Crippen LogP contribution is -2.58. The van der Waals surface area contributed by atoms with E-state index in [9.17, 15) is 0 Å². The van der Waals surface area contributed by atoms with E-state index in [2.05, 4.69) is 0 Å². The molecule has 0 heterocycles. The van der Waals surface area contributed by atoms with Gasteiger partial charge in [0.1, 0.15) is 0 Å². The van der Waals surface area contributed by atoms with Crippen molar-refractivity contribution in [3.05, 3.63) is 0 Å². The third-order valence-electron chi connectivity index (χ3n) is 4.88. The van der Waals surface area contributed by atoms with Crippen LogP contribution in [0.1, 0.15) is 57.8 Å². The summed E-state index contributed by atoms with van der Waals surface area (Å²) < 4.78 is 6.20. The van der Waals surface area contributed by atoms with Crippen LogP contribution in [0.25, 0.3) is 0 Å². The molecule has 0 saturated heterocycles. The maximum atomic E-state index is 6.44. The van der Waals surface area contributed by atoms with Gasteiger partial charge in [0.2, 0.25) is 0 Å². The molecule has 86 valence electrons. The van der Waals surface area contributed by atoms with Crippen molar-refractivity contribution >= 4 is 11.6 Å². The SMILES string of the molecule is ClC1CC(OC2CCC2)C12CCCCC2. The number of hydrogen-bond donors (Lipinski definition) is 0. The van der Waals surface area contributed by atoms with Crippen LogP contribution in [0, 0.1) is 5.41 Å². The second-order valence-electron chi connectivity index (χ2n) is 5.67. The molecule has 2 heteroatoms. The summed E-state index contributed by atoms with van der Waals surface area (Å²) in [6.07, 6.45) is 12.9. The minimum atomic E-state index is 0.384. The summed E-state index contributed by atoms with van der Waals surface area (Å²) >= 11 is 6.44. The number of hydrogen-bond acceptors (Lipinski definition) is 1. The maximum absolute atomic E-state index is 6.44. The Morgan fingerprint density at radius 1 is 1.00 bits per heavy atom. The predicted molar refractivity (Wildman–Crippen MR) is 62.3 cm³/mol. The zero-order chi connectivity index (χ0) is 10.3. The molecule has 2 unspecified atom stereocenters. The number of ether oxygens (including phenoxy) is 1. The van der Waals surface area contributed by atoms with Gasteiger partial charge in [-0.25, -0.2) is 0 Å². The fourth-order valence-electron chi connectivity index (χ4n) is 3.47. The Labute approximate surface area is 97.5 Å². The van der Waals surface area contributed by atoms with Crippen molar-refractivity contribution in [3.63, 3.8) is 0 Å². The monoisotopic (exact) mass is 228 g/mol. The number of halogens is 1. The Hall–Kier alpha value is 0.250. The molecule has 3 aliphatic rings. The molecular formula is C13H21ClO. The standard InChI is InChI=1S/C13H21ClO/c14-11-9-12(15-10-5-4-6-10)13(11)7-2-1-3-8-13/h10-12H,1-9H2. The summed E-state index contributed by atoms with van der Waals surface area (Å²) in [6.45, 7) is 0. The first kappa shape index (κ1) is 10.4. The van der Waals surface area contributed by atoms with Crippen LogP contribution in [0.3, 0.4) is 0 Å². The van der Waals surface area contributed by atoms with Gasteiger partial charge in [-0.1, -0.05) is 19.3 Å². The van der Waals surface area contributed by atoms with Crippen molar-refractivity contribution in [2.24, 2.45) is 5.41 Å². The molecule has 15 heavy (non-hydrogen) atoms. The van der Waals surface area contributed by atoms with Crippen molar-refractivity contribution in [3.8, 4) is 0 Å². The zero-order valence-electron chi connectivity index (χ0n) is 9.38. The van der Waals surface area contributed by atoms with E-state index < -0.39 is 0 Å². The van der Waals surface area contributed by atoms with Gasteiger partial charge in [0.25, 0.3) is 0 Å². The topological polar surface area (TPSA) is 9.23 Å². The van der Waals surface area contributed by atoms with E-state index in [0.717, 1.165) is 6.42 Å². The summed E-state index contributed by atoms with van der Waals surface area (Å²) in [5, 5.41) is 0.405. The summed E-state index contributed by atoms with van der Waals surface area (Å²) in [5.74, 6) is 0. The average Bonchev–Trinajstić information content (AvgIpc) is 2.22. The molecule has 0 radical (unpaired) electrons. The molecule has 3 aliphatic carbocycles. The van der Waals surface area contributed by atoms with Gasteiger partial charge in [0.15, 0.2) is 0 Å². The first-order valence-electron chi connectivity index (χ1n) is 6.61.